The third kappa shape index (κ3) is 4.12. The van der Waals surface area contributed by atoms with Crippen molar-refractivity contribution in [1.29, 1.82) is 0 Å². The Labute approximate surface area is 200 Å². The van der Waals surface area contributed by atoms with Gasteiger partial charge in [-0.05, 0) is 48.9 Å². The quantitative estimate of drug-likeness (QED) is 0.269. The summed E-state index contributed by atoms with van der Waals surface area (Å²) in [5, 5.41) is 1.29. The Balaban J connectivity index is 1.66. The molecule has 3 aromatic carbocycles. The maximum atomic E-state index is 12.2. The lowest BCUT2D eigenvalue weighted by atomic mass is 10.1. The van der Waals surface area contributed by atoms with Crippen molar-refractivity contribution >= 4 is 33.9 Å². The first-order valence-electron chi connectivity index (χ1n) is 10.9. The number of fused-ring (bicyclic) bond motifs is 2. The minimum absolute atomic E-state index is 0.285. The third-order valence-electron chi connectivity index (χ3n) is 5.81. The molecule has 0 atom stereocenters. The van der Waals surface area contributed by atoms with Gasteiger partial charge in [-0.25, -0.2) is 9.59 Å². The van der Waals surface area contributed by atoms with E-state index >= 15 is 0 Å². The van der Waals surface area contributed by atoms with Gasteiger partial charge in [0, 0.05) is 5.39 Å². The predicted molar refractivity (Wildman–Crippen MR) is 130 cm³/mol. The summed E-state index contributed by atoms with van der Waals surface area (Å²) in [5.74, 6) is -0.0368. The molecule has 176 valence electrons. The van der Waals surface area contributed by atoms with Crippen LogP contribution in [-0.4, -0.2) is 26.2 Å². The molecule has 0 spiro atoms. The van der Waals surface area contributed by atoms with Crippen LogP contribution in [0.5, 0.6) is 5.75 Å². The zero-order valence-corrected chi connectivity index (χ0v) is 19.4. The Bertz CT molecular complexity index is 1550. The van der Waals surface area contributed by atoms with Crippen LogP contribution in [0.4, 0.5) is 0 Å². The fourth-order valence-electron chi connectivity index (χ4n) is 3.93. The molecule has 35 heavy (non-hydrogen) atoms. The molecule has 2 heterocycles. The van der Waals surface area contributed by atoms with Crippen LogP contribution in [0.3, 0.4) is 0 Å². The van der Waals surface area contributed by atoms with Crippen molar-refractivity contribution in [3.8, 4) is 17.1 Å². The van der Waals surface area contributed by atoms with Crippen LogP contribution in [0, 0.1) is 6.92 Å². The first kappa shape index (κ1) is 22.3. The Hall–Kier alpha value is -4.52. The van der Waals surface area contributed by atoms with E-state index in [0.29, 0.717) is 50.1 Å². The van der Waals surface area contributed by atoms with E-state index in [-0.39, 0.29) is 6.61 Å². The topological polar surface area (TPSA) is 88.1 Å². The number of esters is 2. The van der Waals surface area contributed by atoms with Gasteiger partial charge in [0.1, 0.15) is 24.0 Å². The molecule has 0 bridgehead atoms. The van der Waals surface area contributed by atoms with E-state index in [1.807, 2.05) is 31.2 Å². The van der Waals surface area contributed by atoms with Crippen LogP contribution >= 0.6 is 0 Å². The van der Waals surface area contributed by atoms with Crippen LogP contribution in [0.2, 0.25) is 0 Å². The largest absolute Gasteiger partial charge is 0.484 e. The van der Waals surface area contributed by atoms with Crippen molar-refractivity contribution in [2.45, 2.75) is 13.5 Å². The Morgan fingerprint density at radius 2 is 1.43 bits per heavy atom. The van der Waals surface area contributed by atoms with Gasteiger partial charge >= 0.3 is 11.9 Å². The van der Waals surface area contributed by atoms with Crippen LogP contribution in [-0.2, 0) is 16.1 Å². The minimum atomic E-state index is -0.462. The van der Waals surface area contributed by atoms with Gasteiger partial charge in [0.2, 0.25) is 0 Å². The minimum Gasteiger partial charge on any atom is -0.484 e. The molecule has 0 saturated heterocycles. The molecule has 0 aliphatic rings. The zero-order valence-electron chi connectivity index (χ0n) is 19.4. The number of carbonyl (C=O) groups excluding carboxylic acids is 2. The molecule has 7 nitrogen and oxygen atoms in total. The lowest BCUT2D eigenvalue weighted by Gasteiger charge is -2.08. The molecule has 0 N–H and O–H groups in total. The van der Waals surface area contributed by atoms with Crippen LogP contribution in [0.25, 0.3) is 33.3 Å². The summed E-state index contributed by atoms with van der Waals surface area (Å²) in [7, 11) is 2.66. The van der Waals surface area contributed by atoms with Crippen molar-refractivity contribution < 1.29 is 32.6 Å². The highest BCUT2D eigenvalue weighted by Gasteiger charge is 2.23. The standard InChI is InChI=1S/C28H22O7/c1-16-4-6-17(7-5-16)14-34-25-21-13-19(28(30)32-3)9-11-24(21)35-26(25)22-15-33-23-10-8-18(12-20(22)23)27(29)31-2/h4-13,15H,14H2,1-3H3. The van der Waals surface area contributed by atoms with E-state index in [1.54, 1.807) is 42.7 Å². The number of rotatable bonds is 6. The number of methoxy groups -OCH3 is 2. The fraction of sp³-hybridized carbons (Fsp3) is 0.143. The molecule has 0 fully saturated rings. The molecule has 0 unspecified atom stereocenters. The summed E-state index contributed by atoms with van der Waals surface area (Å²) < 4.78 is 28.0. The molecule has 0 aliphatic heterocycles. The van der Waals surface area contributed by atoms with Gasteiger partial charge in [-0.1, -0.05) is 29.8 Å². The predicted octanol–water partition coefficient (Wildman–Crippen LogP) is 6.31. The van der Waals surface area contributed by atoms with Gasteiger partial charge in [0.25, 0.3) is 0 Å². The van der Waals surface area contributed by atoms with Crippen molar-refractivity contribution in [2.24, 2.45) is 0 Å². The number of benzene rings is 3. The SMILES string of the molecule is COC(=O)c1ccc2occ(-c3oc4ccc(C(=O)OC)cc4c3OCc3ccc(C)cc3)c2c1. The highest BCUT2D eigenvalue weighted by Crippen LogP contribution is 2.44. The normalized spacial score (nSPS) is 11.1. The monoisotopic (exact) mass is 470 g/mol. The Morgan fingerprint density at radius 3 is 2.09 bits per heavy atom. The highest BCUT2D eigenvalue weighted by atomic mass is 16.5. The van der Waals surface area contributed by atoms with Gasteiger partial charge in [0.05, 0.1) is 36.3 Å². The van der Waals surface area contributed by atoms with E-state index in [9.17, 15) is 9.59 Å². The molecule has 0 amide bonds. The molecular weight excluding hydrogens is 448 g/mol. The molecule has 0 aliphatic carbocycles. The fourth-order valence-corrected chi connectivity index (χ4v) is 3.93. The van der Waals surface area contributed by atoms with Gasteiger partial charge in [-0.2, -0.15) is 0 Å². The van der Waals surface area contributed by atoms with Crippen molar-refractivity contribution in [2.75, 3.05) is 14.2 Å². The van der Waals surface area contributed by atoms with Crippen LogP contribution in [0.15, 0.2) is 75.8 Å². The number of carbonyl (C=O) groups is 2. The number of furan rings is 2. The summed E-state index contributed by atoms with van der Waals surface area (Å²) in [5.41, 5.74) is 4.60. The van der Waals surface area contributed by atoms with Gasteiger partial charge in [-0.15, -0.1) is 0 Å². The second-order valence-electron chi connectivity index (χ2n) is 8.09. The number of aryl methyl sites for hydroxylation is 1. The van der Waals surface area contributed by atoms with E-state index < -0.39 is 11.9 Å². The molecule has 7 heteroatoms. The van der Waals surface area contributed by atoms with Gasteiger partial charge in [0.15, 0.2) is 11.5 Å². The summed E-state index contributed by atoms with van der Waals surface area (Å²) >= 11 is 0. The van der Waals surface area contributed by atoms with E-state index in [4.69, 9.17) is 23.0 Å². The Kier molecular flexibility index (Phi) is 5.74. The number of hydrogen-bond acceptors (Lipinski definition) is 7. The van der Waals surface area contributed by atoms with E-state index in [2.05, 4.69) is 0 Å². The Morgan fingerprint density at radius 1 is 0.800 bits per heavy atom. The van der Waals surface area contributed by atoms with Crippen molar-refractivity contribution in [3.63, 3.8) is 0 Å². The molecule has 2 aromatic heterocycles. The maximum Gasteiger partial charge on any atom is 0.337 e. The summed E-state index contributed by atoms with van der Waals surface area (Å²) in [4.78, 5) is 24.3. The van der Waals surface area contributed by atoms with Crippen molar-refractivity contribution in [1.82, 2.24) is 0 Å². The lowest BCUT2D eigenvalue weighted by Crippen LogP contribution is -2.01. The molecule has 0 saturated carbocycles. The highest BCUT2D eigenvalue weighted by molar-refractivity contribution is 6.04. The molecule has 5 aromatic rings. The lowest BCUT2D eigenvalue weighted by molar-refractivity contribution is 0.0592. The summed E-state index contributed by atoms with van der Waals surface area (Å²) in [6.07, 6.45) is 1.56. The zero-order chi connectivity index (χ0) is 24.5. The number of ether oxygens (including phenoxy) is 3. The first-order chi connectivity index (χ1) is 17.0. The number of hydrogen-bond donors (Lipinski definition) is 0. The maximum absolute atomic E-state index is 12.2. The second-order valence-corrected chi connectivity index (χ2v) is 8.09. The molecule has 0 radical (unpaired) electrons. The van der Waals surface area contributed by atoms with Crippen molar-refractivity contribution in [3.05, 3.63) is 89.2 Å². The van der Waals surface area contributed by atoms with Gasteiger partial charge < -0.3 is 23.0 Å². The van der Waals surface area contributed by atoms with Crippen LogP contribution < -0.4 is 4.74 Å². The van der Waals surface area contributed by atoms with E-state index in [0.717, 1.165) is 11.1 Å². The summed E-state index contributed by atoms with van der Waals surface area (Å²) in [6.45, 7) is 2.31. The molecular formula is C28H22O7. The van der Waals surface area contributed by atoms with Crippen LogP contribution in [0.1, 0.15) is 31.8 Å². The third-order valence-corrected chi connectivity index (χ3v) is 5.81. The van der Waals surface area contributed by atoms with Gasteiger partial charge in [-0.3, -0.25) is 0 Å². The molecule has 5 rings (SSSR count). The van der Waals surface area contributed by atoms with E-state index in [1.165, 1.54) is 14.2 Å². The average Bonchev–Trinajstić information content (AvgIpc) is 3.47. The summed E-state index contributed by atoms with van der Waals surface area (Å²) in [6, 6.07) is 18.1. The first-order valence-corrected chi connectivity index (χ1v) is 10.9. The second kappa shape index (κ2) is 9.02. The smallest absolute Gasteiger partial charge is 0.337 e. The average molecular weight is 470 g/mol.